The molecule has 1 N–H and O–H groups in total. The first-order valence-electron chi connectivity index (χ1n) is 6.68. The smallest absolute Gasteiger partial charge is 0.310 e. The number of aliphatic carboxylic acids is 1. The summed E-state index contributed by atoms with van der Waals surface area (Å²) in [5.74, 6) is -1.07. The Morgan fingerprint density at radius 3 is 2.21 bits per heavy atom. The van der Waals surface area contributed by atoms with Crippen molar-refractivity contribution in [2.24, 2.45) is 5.41 Å². The third-order valence-corrected chi connectivity index (χ3v) is 3.17. The summed E-state index contributed by atoms with van der Waals surface area (Å²) in [6, 6.07) is 9.54. The first-order valence-corrected chi connectivity index (χ1v) is 6.68. The van der Waals surface area contributed by atoms with E-state index in [1.165, 1.54) is 0 Å². The monoisotopic (exact) mass is 450 g/mol. The minimum atomic E-state index is -0.711. The molecule has 0 aliphatic heterocycles. The van der Waals surface area contributed by atoms with E-state index in [1.54, 1.807) is 0 Å². The van der Waals surface area contributed by atoms with Gasteiger partial charge in [-0.3, -0.25) is 4.79 Å². The number of unbranched alkanes of at least 4 members (excludes halogenated alkanes) is 1. The predicted molar refractivity (Wildman–Crippen MR) is 74.7 cm³/mol. The summed E-state index contributed by atoms with van der Waals surface area (Å²) in [5, 5.41) is 9.29. The Kier molecular flexibility index (Phi) is 8.56. The summed E-state index contributed by atoms with van der Waals surface area (Å²) < 4.78 is 0. The summed E-state index contributed by atoms with van der Waals surface area (Å²) in [6.07, 6.45) is 3.95. The van der Waals surface area contributed by atoms with Crippen molar-refractivity contribution in [1.82, 2.24) is 0 Å². The molecule has 0 aliphatic carbocycles. The quantitative estimate of drug-likeness (QED) is 0.515. The van der Waals surface area contributed by atoms with Crippen LogP contribution in [0, 0.1) is 5.41 Å². The molecule has 1 unspecified atom stereocenters. The molecule has 0 heterocycles. The van der Waals surface area contributed by atoms with Gasteiger partial charge in [0.15, 0.2) is 0 Å². The van der Waals surface area contributed by atoms with Gasteiger partial charge in [0, 0.05) is 27.7 Å². The Balaban J connectivity index is 0.00000324. The molecule has 0 saturated carbocycles. The topological polar surface area (TPSA) is 37.3 Å². The van der Waals surface area contributed by atoms with Crippen molar-refractivity contribution in [3.8, 4) is 0 Å². The van der Waals surface area contributed by atoms with Crippen LogP contribution in [-0.2, 0) is 32.5 Å². The van der Waals surface area contributed by atoms with Gasteiger partial charge in [0.2, 0.25) is 0 Å². The fourth-order valence-electron chi connectivity index (χ4n) is 2.12. The second kappa shape index (κ2) is 8.73. The Morgan fingerprint density at radius 1 is 1.16 bits per heavy atom. The van der Waals surface area contributed by atoms with Crippen LogP contribution in [0.1, 0.15) is 57.9 Å². The molecule has 0 spiro atoms. The van der Waals surface area contributed by atoms with Gasteiger partial charge in [-0.1, -0.05) is 63.9 Å². The number of carbonyl (C=O) groups is 1. The van der Waals surface area contributed by atoms with E-state index in [9.17, 15) is 9.90 Å². The molecule has 0 bridgehead atoms. The molecule has 0 fully saturated rings. The van der Waals surface area contributed by atoms with Gasteiger partial charge in [0.1, 0.15) is 0 Å². The molecule has 1 rings (SSSR count). The zero-order chi connectivity index (χ0) is 13.6. The second-order valence-corrected chi connectivity index (χ2v) is 6.11. The molecule has 19 heavy (non-hydrogen) atoms. The van der Waals surface area contributed by atoms with Crippen LogP contribution in [0.3, 0.4) is 0 Å². The van der Waals surface area contributed by atoms with Crippen molar-refractivity contribution in [3.63, 3.8) is 0 Å². The maximum absolute atomic E-state index is 11.3. The Morgan fingerprint density at radius 2 is 1.74 bits per heavy atom. The molecule has 1 atom stereocenters. The fourth-order valence-corrected chi connectivity index (χ4v) is 2.12. The second-order valence-electron chi connectivity index (χ2n) is 6.11. The molecule has 1 aromatic carbocycles. The Bertz CT molecular complexity index is 368. The average Bonchev–Trinajstić information content (AvgIpc) is 2.28. The van der Waals surface area contributed by atoms with E-state index in [4.69, 9.17) is 0 Å². The molecule has 3 heteroatoms. The van der Waals surface area contributed by atoms with Gasteiger partial charge in [-0.2, -0.15) is 0 Å². The van der Waals surface area contributed by atoms with Crippen LogP contribution >= 0.6 is 0 Å². The van der Waals surface area contributed by atoms with Gasteiger partial charge in [-0.15, -0.1) is 0 Å². The normalized spacial score (nSPS) is 12.6. The summed E-state index contributed by atoms with van der Waals surface area (Å²) in [6.45, 7) is 6.66. The van der Waals surface area contributed by atoms with E-state index in [0.717, 1.165) is 31.2 Å². The van der Waals surface area contributed by atoms with E-state index >= 15 is 0 Å². The van der Waals surface area contributed by atoms with Crippen LogP contribution in [0.25, 0.3) is 0 Å². The molecule has 102 valence electrons. The summed E-state index contributed by atoms with van der Waals surface area (Å²) in [5.41, 5.74) is 1.26. The van der Waals surface area contributed by atoms with E-state index in [1.807, 2.05) is 30.3 Å². The average molecular weight is 449 g/mol. The molecular weight excluding hydrogens is 425 g/mol. The van der Waals surface area contributed by atoms with Crippen molar-refractivity contribution in [3.05, 3.63) is 35.9 Å². The standard InChI is InChI=1S/C16H24O2.Hg/c1-16(2,3)12-8-7-11-14(15(17)18)13-9-5-4-6-10-13;/h4-6,9-10,14H,7-8,11-12H2,1-3H3,(H,17,18);. The molecule has 1 aromatic rings. The molecule has 0 saturated heterocycles. The van der Waals surface area contributed by atoms with Crippen LogP contribution in [0.5, 0.6) is 0 Å². The van der Waals surface area contributed by atoms with Gasteiger partial charge in [-0.05, 0) is 23.8 Å². The van der Waals surface area contributed by atoms with Gasteiger partial charge in [0.05, 0.1) is 5.92 Å². The summed E-state index contributed by atoms with van der Waals surface area (Å²) in [7, 11) is 0. The maximum Gasteiger partial charge on any atom is 0.310 e. The molecule has 0 aliphatic rings. The van der Waals surface area contributed by atoms with Crippen molar-refractivity contribution in [1.29, 1.82) is 0 Å². The van der Waals surface area contributed by atoms with Gasteiger partial charge in [-0.25, -0.2) is 0 Å². The number of hydrogen-bond donors (Lipinski definition) is 1. The van der Waals surface area contributed by atoms with E-state index in [-0.39, 0.29) is 33.6 Å². The summed E-state index contributed by atoms with van der Waals surface area (Å²) >= 11 is 0. The number of rotatable bonds is 6. The first-order chi connectivity index (χ1) is 8.40. The van der Waals surface area contributed by atoms with Crippen LogP contribution in [0.2, 0.25) is 0 Å². The SMILES string of the molecule is CC(C)(C)CCCCC(C(=O)O)c1ccccc1.[Hg]. The molecular formula is C16H24HgO2. The minimum Gasteiger partial charge on any atom is -0.481 e. The number of hydrogen-bond acceptors (Lipinski definition) is 1. The van der Waals surface area contributed by atoms with Crippen LogP contribution in [0.4, 0.5) is 0 Å². The maximum atomic E-state index is 11.3. The minimum absolute atomic E-state index is 0. The zero-order valence-electron chi connectivity index (χ0n) is 12.4. The van der Waals surface area contributed by atoms with Crippen molar-refractivity contribution < 1.29 is 37.6 Å². The van der Waals surface area contributed by atoms with Gasteiger partial charge in [0.25, 0.3) is 0 Å². The van der Waals surface area contributed by atoms with E-state index in [0.29, 0.717) is 5.41 Å². The fraction of sp³-hybridized carbons (Fsp3) is 0.562. The number of benzene rings is 1. The zero-order valence-corrected chi connectivity index (χ0v) is 17.9. The van der Waals surface area contributed by atoms with Crippen molar-refractivity contribution in [2.75, 3.05) is 0 Å². The van der Waals surface area contributed by atoms with E-state index in [2.05, 4.69) is 20.8 Å². The Labute approximate surface area is 137 Å². The van der Waals surface area contributed by atoms with Gasteiger partial charge < -0.3 is 5.11 Å². The molecule has 0 radical (unpaired) electrons. The van der Waals surface area contributed by atoms with Crippen LogP contribution in [0.15, 0.2) is 30.3 Å². The van der Waals surface area contributed by atoms with Gasteiger partial charge >= 0.3 is 5.97 Å². The first kappa shape index (κ1) is 18.6. The largest absolute Gasteiger partial charge is 0.481 e. The molecule has 0 amide bonds. The third-order valence-electron chi connectivity index (χ3n) is 3.17. The van der Waals surface area contributed by atoms with Crippen LogP contribution in [-0.4, -0.2) is 11.1 Å². The van der Waals surface area contributed by atoms with Crippen molar-refractivity contribution in [2.45, 2.75) is 52.4 Å². The predicted octanol–water partition coefficient (Wildman–Crippen LogP) is 4.46. The third kappa shape index (κ3) is 7.71. The molecule has 0 aromatic heterocycles. The van der Waals surface area contributed by atoms with Crippen molar-refractivity contribution >= 4 is 5.97 Å². The number of carboxylic acid groups (broad SMARTS) is 1. The van der Waals surface area contributed by atoms with E-state index < -0.39 is 5.97 Å². The molecule has 2 nitrogen and oxygen atoms in total. The van der Waals surface area contributed by atoms with Crippen LogP contribution < -0.4 is 0 Å². The Hall–Kier alpha value is -0.375. The summed E-state index contributed by atoms with van der Waals surface area (Å²) in [4.78, 5) is 11.3. The number of carboxylic acids is 1.